The molecule has 1 N–H and O–H groups in total. The molecule has 0 radical (unpaired) electrons. The van der Waals surface area contributed by atoms with E-state index in [-0.39, 0.29) is 18.1 Å². The molecular weight excluding hydrogens is 226 g/mol. The highest BCUT2D eigenvalue weighted by atomic mass is 32.2. The molecule has 0 spiro atoms. The van der Waals surface area contributed by atoms with Crippen LogP contribution in [-0.2, 0) is 14.3 Å². The fourth-order valence-corrected chi connectivity index (χ4v) is 2.92. The maximum absolute atomic E-state index is 11.5. The third kappa shape index (κ3) is 3.96. The first-order chi connectivity index (χ1) is 7.84. The first kappa shape index (κ1) is 12.2. The summed E-state index contributed by atoms with van der Waals surface area (Å²) in [4.78, 5) is 11.5. The van der Waals surface area contributed by atoms with Gasteiger partial charge in [-0.25, -0.2) is 0 Å². The van der Waals surface area contributed by atoms with E-state index in [9.17, 15) is 4.79 Å². The van der Waals surface area contributed by atoms with Crippen LogP contribution < -0.4 is 5.32 Å². The van der Waals surface area contributed by atoms with Crippen LogP contribution in [0.1, 0.15) is 19.3 Å². The quantitative estimate of drug-likeness (QED) is 0.743. The predicted octanol–water partition coefficient (Wildman–Crippen LogP) is 0.804. The molecule has 2 heterocycles. The summed E-state index contributed by atoms with van der Waals surface area (Å²) in [6.45, 7) is 2.23. The molecule has 2 atom stereocenters. The molecule has 2 saturated heterocycles. The number of carbonyl (C=O) groups is 1. The van der Waals surface area contributed by atoms with E-state index in [1.54, 1.807) is 0 Å². The molecule has 2 aliphatic heterocycles. The van der Waals surface area contributed by atoms with E-state index in [1.165, 1.54) is 0 Å². The lowest BCUT2D eigenvalue weighted by Crippen LogP contribution is -2.39. The standard InChI is InChI=1S/C11H19NO3S/c13-11(6-9-8-16-5-3-12-9)15-7-10-2-1-4-14-10/h9-10,12H,1-8H2. The van der Waals surface area contributed by atoms with Crippen LogP contribution in [0.3, 0.4) is 0 Å². The fourth-order valence-electron chi connectivity index (χ4n) is 1.97. The molecule has 0 bridgehead atoms. The summed E-state index contributed by atoms with van der Waals surface area (Å²) in [6, 6.07) is 0.288. The number of hydrogen-bond acceptors (Lipinski definition) is 5. The zero-order valence-electron chi connectivity index (χ0n) is 9.44. The van der Waals surface area contributed by atoms with Crippen LogP contribution in [0.2, 0.25) is 0 Å². The van der Waals surface area contributed by atoms with Crippen LogP contribution in [0.5, 0.6) is 0 Å². The first-order valence-corrected chi connectivity index (χ1v) is 7.08. The number of carbonyl (C=O) groups excluding carboxylic acids is 1. The van der Waals surface area contributed by atoms with Crippen LogP contribution in [-0.4, -0.2) is 49.4 Å². The molecule has 0 aromatic rings. The van der Waals surface area contributed by atoms with Crippen molar-refractivity contribution in [2.45, 2.75) is 31.4 Å². The maximum Gasteiger partial charge on any atom is 0.307 e. The Kier molecular flexibility index (Phi) is 4.93. The Bertz CT molecular complexity index is 225. The molecule has 2 unspecified atom stereocenters. The van der Waals surface area contributed by atoms with Gasteiger partial charge in [-0.05, 0) is 12.8 Å². The molecule has 0 aromatic carbocycles. The second-order valence-corrected chi connectivity index (χ2v) is 5.40. The van der Waals surface area contributed by atoms with Crippen molar-refractivity contribution in [2.75, 3.05) is 31.3 Å². The minimum absolute atomic E-state index is 0.101. The Balaban J connectivity index is 1.59. The number of rotatable bonds is 4. The number of hydrogen-bond donors (Lipinski definition) is 1. The van der Waals surface area contributed by atoms with Gasteiger partial charge < -0.3 is 14.8 Å². The molecule has 0 amide bonds. The van der Waals surface area contributed by atoms with Gasteiger partial charge in [0.15, 0.2) is 0 Å². The van der Waals surface area contributed by atoms with Gasteiger partial charge >= 0.3 is 5.97 Å². The van der Waals surface area contributed by atoms with Crippen LogP contribution in [0.4, 0.5) is 0 Å². The lowest BCUT2D eigenvalue weighted by atomic mass is 10.2. The number of ether oxygens (including phenoxy) is 2. The van der Waals surface area contributed by atoms with Crippen molar-refractivity contribution in [3.05, 3.63) is 0 Å². The Morgan fingerprint density at radius 1 is 1.56 bits per heavy atom. The molecule has 2 rings (SSSR count). The predicted molar refractivity (Wildman–Crippen MR) is 63.7 cm³/mol. The first-order valence-electron chi connectivity index (χ1n) is 5.93. The van der Waals surface area contributed by atoms with Gasteiger partial charge in [0.2, 0.25) is 0 Å². The van der Waals surface area contributed by atoms with E-state index in [2.05, 4.69) is 5.32 Å². The largest absolute Gasteiger partial charge is 0.463 e. The zero-order chi connectivity index (χ0) is 11.2. The fraction of sp³-hybridized carbons (Fsp3) is 0.909. The summed E-state index contributed by atoms with van der Waals surface area (Å²) in [5, 5.41) is 3.33. The third-order valence-corrected chi connectivity index (χ3v) is 4.00. The zero-order valence-corrected chi connectivity index (χ0v) is 10.3. The SMILES string of the molecule is O=C(CC1CSCCN1)OCC1CCCO1. The van der Waals surface area contributed by atoms with Crippen molar-refractivity contribution in [3.63, 3.8) is 0 Å². The normalized spacial score (nSPS) is 30.2. The Labute approximate surface area is 100 Å². The maximum atomic E-state index is 11.5. The van der Waals surface area contributed by atoms with E-state index in [0.29, 0.717) is 13.0 Å². The van der Waals surface area contributed by atoms with Gasteiger partial charge in [-0.1, -0.05) is 0 Å². The smallest absolute Gasteiger partial charge is 0.307 e. The lowest BCUT2D eigenvalue weighted by molar-refractivity contribution is -0.147. The van der Waals surface area contributed by atoms with Gasteiger partial charge in [-0.3, -0.25) is 4.79 Å². The molecule has 2 fully saturated rings. The van der Waals surface area contributed by atoms with Crippen molar-refractivity contribution in [1.82, 2.24) is 5.32 Å². The van der Waals surface area contributed by atoms with Crippen molar-refractivity contribution in [2.24, 2.45) is 0 Å². The summed E-state index contributed by atoms with van der Waals surface area (Å²) < 4.78 is 10.6. The number of thioether (sulfide) groups is 1. The molecular formula is C11H19NO3S. The number of nitrogens with one attached hydrogen (secondary N) is 1. The van der Waals surface area contributed by atoms with Crippen LogP contribution in [0.15, 0.2) is 0 Å². The van der Waals surface area contributed by atoms with E-state index >= 15 is 0 Å². The van der Waals surface area contributed by atoms with Gasteiger partial charge in [0.1, 0.15) is 6.61 Å². The third-order valence-electron chi connectivity index (χ3n) is 2.87. The Hall–Kier alpha value is -0.260. The van der Waals surface area contributed by atoms with E-state index in [0.717, 1.165) is 37.5 Å². The van der Waals surface area contributed by atoms with Gasteiger partial charge in [0, 0.05) is 30.7 Å². The molecule has 0 aliphatic carbocycles. The lowest BCUT2D eigenvalue weighted by Gasteiger charge is -2.22. The second kappa shape index (κ2) is 6.47. The molecule has 0 aromatic heterocycles. The van der Waals surface area contributed by atoms with Gasteiger partial charge in [-0.15, -0.1) is 0 Å². The molecule has 4 nitrogen and oxygen atoms in total. The highest BCUT2D eigenvalue weighted by Gasteiger charge is 2.20. The second-order valence-electron chi connectivity index (χ2n) is 4.25. The topological polar surface area (TPSA) is 47.6 Å². The summed E-state index contributed by atoms with van der Waals surface area (Å²) in [7, 11) is 0. The van der Waals surface area contributed by atoms with E-state index < -0.39 is 0 Å². The van der Waals surface area contributed by atoms with Crippen molar-refractivity contribution >= 4 is 17.7 Å². The summed E-state index contributed by atoms with van der Waals surface area (Å²) in [5.41, 5.74) is 0. The van der Waals surface area contributed by atoms with Crippen LogP contribution in [0.25, 0.3) is 0 Å². The van der Waals surface area contributed by atoms with Crippen LogP contribution >= 0.6 is 11.8 Å². The molecule has 0 saturated carbocycles. The van der Waals surface area contributed by atoms with Crippen molar-refractivity contribution in [3.8, 4) is 0 Å². The minimum atomic E-state index is -0.101. The average Bonchev–Trinajstić information content (AvgIpc) is 2.81. The Morgan fingerprint density at radius 2 is 2.50 bits per heavy atom. The Morgan fingerprint density at radius 3 is 3.19 bits per heavy atom. The molecule has 2 aliphatic rings. The summed E-state index contributed by atoms with van der Waals surface area (Å²) in [5.74, 6) is 2.05. The summed E-state index contributed by atoms with van der Waals surface area (Å²) in [6.07, 6.45) is 2.73. The van der Waals surface area contributed by atoms with Crippen molar-refractivity contribution in [1.29, 1.82) is 0 Å². The van der Waals surface area contributed by atoms with Crippen molar-refractivity contribution < 1.29 is 14.3 Å². The van der Waals surface area contributed by atoms with Gasteiger partial charge in [-0.2, -0.15) is 11.8 Å². The van der Waals surface area contributed by atoms with Gasteiger partial charge in [0.05, 0.1) is 12.5 Å². The van der Waals surface area contributed by atoms with E-state index in [4.69, 9.17) is 9.47 Å². The minimum Gasteiger partial charge on any atom is -0.463 e. The average molecular weight is 245 g/mol. The molecule has 92 valence electrons. The highest BCUT2D eigenvalue weighted by molar-refractivity contribution is 7.99. The monoisotopic (exact) mass is 245 g/mol. The molecule has 16 heavy (non-hydrogen) atoms. The number of esters is 1. The highest BCUT2D eigenvalue weighted by Crippen LogP contribution is 2.14. The summed E-state index contributed by atoms with van der Waals surface area (Å²) >= 11 is 1.89. The van der Waals surface area contributed by atoms with Crippen LogP contribution in [0, 0.1) is 0 Å². The van der Waals surface area contributed by atoms with Gasteiger partial charge in [0.25, 0.3) is 0 Å². The van der Waals surface area contributed by atoms with E-state index in [1.807, 2.05) is 11.8 Å². The molecule has 5 heteroatoms.